The van der Waals surface area contributed by atoms with Crippen molar-refractivity contribution in [3.8, 4) is 0 Å². The molecule has 0 aromatic carbocycles. The fraction of sp³-hybridized carbons (Fsp3) is 0.812. The maximum absolute atomic E-state index is 6.00. The summed E-state index contributed by atoms with van der Waals surface area (Å²) in [5, 5.41) is 3.42. The van der Waals surface area contributed by atoms with Crippen LogP contribution in [0.15, 0.2) is 6.20 Å². The van der Waals surface area contributed by atoms with E-state index in [1.54, 1.807) is 0 Å². The van der Waals surface area contributed by atoms with Gasteiger partial charge in [-0.1, -0.05) is 32.6 Å². The van der Waals surface area contributed by atoms with Gasteiger partial charge in [-0.2, -0.15) is 0 Å². The summed E-state index contributed by atoms with van der Waals surface area (Å²) in [4.78, 5) is 4.54. The number of unbranched alkanes of at least 4 members (excludes halogenated alkanes) is 1. The van der Waals surface area contributed by atoms with Gasteiger partial charge in [0, 0.05) is 19.3 Å². The Balaban J connectivity index is 1.76. The van der Waals surface area contributed by atoms with E-state index in [0.29, 0.717) is 6.10 Å². The Bertz CT molecular complexity index is 383. The zero-order chi connectivity index (χ0) is 14.2. The van der Waals surface area contributed by atoms with Crippen molar-refractivity contribution in [2.75, 3.05) is 18.5 Å². The second-order valence-electron chi connectivity index (χ2n) is 5.81. The topological polar surface area (TPSA) is 39.1 Å². The molecule has 0 radical (unpaired) electrons. The van der Waals surface area contributed by atoms with Gasteiger partial charge in [0.25, 0.3) is 0 Å². The van der Waals surface area contributed by atoms with Crippen LogP contribution < -0.4 is 5.32 Å². The van der Waals surface area contributed by atoms with E-state index in [1.807, 2.05) is 6.92 Å². The van der Waals surface area contributed by atoms with Gasteiger partial charge >= 0.3 is 0 Å². The number of aromatic nitrogens is 2. The Kier molecular flexibility index (Phi) is 6.37. The molecule has 0 atom stereocenters. The lowest BCUT2D eigenvalue weighted by Crippen LogP contribution is -2.19. The number of hydrogen-bond donors (Lipinski definition) is 1. The zero-order valence-corrected chi connectivity index (χ0v) is 13.0. The van der Waals surface area contributed by atoms with Crippen LogP contribution in [0.25, 0.3) is 0 Å². The summed E-state index contributed by atoms with van der Waals surface area (Å²) in [6.45, 7) is 6.94. The summed E-state index contributed by atoms with van der Waals surface area (Å²) < 4.78 is 8.19. The van der Waals surface area contributed by atoms with Crippen LogP contribution in [0.3, 0.4) is 0 Å². The van der Waals surface area contributed by atoms with Gasteiger partial charge < -0.3 is 14.6 Å². The minimum atomic E-state index is 0.491. The molecule has 0 aliphatic heterocycles. The average molecular weight is 279 g/mol. The van der Waals surface area contributed by atoms with Crippen molar-refractivity contribution >= 4 is 5.95 Å². The molecule has 20 heavy (non-hydrogen) atoms. The molecule has 1 aliphatic rings. The van der Waals surface area contributed by atoms with Crippen molar-refractivity contribution < 1.29 is 4.74 Å². The average Bonchev–Trinajstić information content (AvgIpc) is 2.81. The van der Waals surface area contributed by atoms with Crippen molar-refractivity contribution in [2.24, 2.45) is 0 Å². The molecule has 1 aromatic rings. The highest BCUT2D eigenvalue weighted by atomic mass is 16.5. The summed E-state index contributed by atoms with van der Waals surface area (Å²) in [5.74, 6) is 0.989. The lowest BCUT2D eigenvalue weighted by atomic mass is 9.98. The lowest BCUT2D eigenvalue weighted by Gasteiger charge is -2.22. The smallest absolute Gasteiger partial charge is 0.203 e. The molecule has 0 spiro atoms. The number of aryl methyl sites for hydroxylation is 1. The lowest BCUT2D eigenvalue weighted by molar-refractivity contribution is 0.0242. The van der Waals surface area contributed by atoms with Crippen LogP contribution in [0, 0.1) is 6.92 Å². The summed E-state index contributed by atoms with van der Waals surface area (Å²) in [7, 11) is 0. The van der Waals surface area contributed by atoms with Gasteiger partial charge in [-0.15, -0.1) is 0 Å². The molecule has 1 aliphatic carbocycles. The highest BCUT2D eigenvalue weighted by Crippen LogP contribution is 2.20. The molecular formula is C16H29N3O. The van der Waals surface area contributed by atoms with E-state index < -0.39 is 0 Å². The Hall–Kier alpha value is -1.03. The third-order valence-corrected chi connectivity index (χ3v) is 3.95. The number of nitrogens with one attached hydrogen (secondary N) is 1. The van der Waals surface area contributed by atoms with E-state index in [0.717, 1.165) is 31.3 Å². The predicted octanol–water partition coefficient (Wildman–Crippen LogP) is 3.75. The standard InChI is InChI=1S/C16H29N3O/c1-3-4-10-17-16-18-14(2)13-19(16)11-12-20-15-8-6-5-7-9-15/h13,15H,3-12H2,1-2H3,(H,17,18). The third-order valence-electron chi connectivity index (χ3n) is 3.95. The van der Waals surface area contributed by atoms with Crippen molar-refractivity contribution in [3.05, 3.63) is 11.9 Å². The molecule has 114 valence electrons. The van der Waals surface area contributed by atoms with Gasteiger partial charge in [0.2, 0.25) is 5.95 Å². The molecule has 1 fully saturated rings. The first-order chi connectivity index (χ1) is 9.79. The predicted molar refractivity (Wildman–Crippen MR) is 83.2 cm³/mol. The van der Waals surface area contributed by atoms with Gasteiger partial charge in [0.1, 0.15) is 0 Å². The molecule has 1 aromatic heterocycles. The first-order valence-corrected chi connectivity index (χ1v) is 8.19. The molecule has 0 unspecified atom stereocenters. The molecule has 1 N–H and O–H groups in total. The number of imidazole rings is 1. The first kappa shape index (κ1) is 15.4. The minimum Gasteiger partial charge on any atom is -0.376 e. The van der Waals surface area contributed by atoms with E-state index >= 15 is 0 Å². The van der Waals surface area contributed by atoms with Crippen LogP contribution in [0.4, 0.5) is 5.95 Å². The number of ether oxygens (including phenoxy) is 1. The summed E-state index contributed by atoms with van der Waals surface area (Å²) in [6, 6.07) is 0. The monoisotopic (exact) mass is 279 g/mol. The Morgan fingerprint density at radius 1 is 1.35 bits per heavy atom. The quantitative estimate of drug-likeness (QED) is 0.737. The van der Waals surface area contributed by atoms with Gasteiger partial charge in [-0.05, 0) is 26.2 Å². The molecule has 1 saturated carbocycles. The van der Waals surface area contributed by atoms with Crippen LogP contribution in [0.2, 0.25) is 0 Å². The van der Waals surface area contributed by atoms with Crippen LogP contribution in [-0.2, 0) is 11.3 Å². The van der Waals surface area contributed by atoms with Crippen LogP contribution in [-0.4, -0.2) is 28.8 Å². The first-order valence-electron chi connectivity index (χ1n) is 8.19. The summed E-state index contributed by atoms with van der Waals surface area (Å²) in [6.07, 6.45) is 11.5. The van der Waals surface area contributed by atoms with Gasteiger partial charge in [0.05, 0.1) is 18.4 Å². The summed E-state index contributed by atoms with van der Waals surface area (Å²) >= 11 is 0. The van der Waals surface area contributed by atoms with E-state index in [-0.39, 0.29) is 0 Å². The van der Waals surface area contributed by atoms with E-state index in [4.69, 9.17) is 4.74 Å². The van der Waals surface area contributed by atoms with Crippen LogP contribution in [0.5, 0.6) is 0 Å². The largest absolute Gasteiger partial charge is 0.376 e. The summed E-state index contributed by atoms with van der Waals surface area (Å²) in [5.41, 5.74) is 1.07. The molecule has 4 nitrogen and oxygen atoms in total. The number of nitrogens with zero attached hydrogens (tertiary/aromatic N) is 2. The van der Waals surface area contributed by atoms with Crippen molar-refractivity contribution in [3.63, 3.8) is 0 Å². The van der Waals surface area contributed by atoms with E-state index in [1.165, 1.54) is 44.9 Å². The highest BCUT2D eigenvalue weighted by molar-refractivity contribution is 5.28. The van der Waals surface area contributed by atoms with Crippen LogP contribution >= 0.6 is 0 Å². The van der Waals surface area contributed by atoms with Gasteiger partial charge in [-0.3, -0.25) is 0 Å². The molecule has 2 rings (SSSR count). The van der Waals surface area contributed by atoms with Crippen molar-refractivity contribution in [1.82, 2.24) is 9.55 Å². The van der Waals surface area contributed by atoms with Crippen molar-refractivity contribution in [1.29, 1.82) is 0 Å². The van der Waals surface area contributed by atoms with Crippen LogP contribution in [0.1, 0.15) is 57.6 Å². The Labute approximate surface area is 122 Å². The van der Waals surface area contributed by atoms with Crippen molar-refractivity contribution in [2.45, 2.75) is 71.4 Å². The Morgan fingerprint density at radius 2 is 2.15 bits per heavy atom. The molecule has 0 saturated heterocycles. The molecule has 4 heteroatoms. The molecule has 0 amide bonds. The molecular weight excluding hydrogens is 250 g/mol. The van der Waals surface area contributed by atoms with Gasteiger partial charge in [0.15, 0.2) is 0 Å². The minimum absolute atomic E-state index is 0.491. The normalized spacial score (nSPS) is 16.5. The zero-order valence-electron chi connectivity index (χ0n) is 13.0. The molecule has 0 bridgehead atoms. The number of rotatable bonds is 8. The highest BCUT2D eigenvalue weighted by Gasteiger charge is 2.13. The van der Waals surface area contributed by atoms with Gasteiger partial charge in [-0.25, -0.2) is 4.98 Å². The van der Waals surface area contributed by atoms with E-state index in [2.05, 4.69) is 28.0 Å². The number of anilines is 1. The maximum Gasteiger partial charge on any atom is 0.203 e. The fourth-order valence-corrected chi connectivity index (χ4v) is 2.78. The third kappa shape index (κ3) is 4.82. The van der Waals surface area contributed by atoms with E-state index in [9.17, 15) is 0 Å². The second-order valence-corrected chi connectivity index (χ2v) is 5.81. The second kappa shape index (κ2) is 8.30. The fourth-order valence-electron chi connectivity index (χ4n) is 2.78. The Morgan fingerprint density at radius 3 is 2.90 bits per heavy atom. The SMILES string of the molecule is CCCCNc1nc(C)cn1CCOC1CCCCC1. The number of hydrogen-bond acceptors (Lipinski definition) is 3. The molecule has 1 heterocycles. The maximum atomic E-state index is 6.00.